The first-order valence-corrected chi connectivity index (χ1v) is 2.75. The fourth-order valence-corrected chi connectivity index (χ4v) is 0.613. The number of hydrogen-bond acceptors (Lipinski definition) is 3. The molecule has 0 bridgehead atoms. The summed E-state index contributed by atoms with van der Waals surface area (Å²) in [5, 5.41) is 0.930. The van der Waals surface area contributed by atoms with Crippen LogP contribution in [-0.4, -0.2) is 0 Å². The molecule has 0 aromatic heterocycles. The number of halogens is 1. The van der Waals surface area contributed by atoms with Gasteiger partial charge in [-0.2, -0.15) is 0 Å². The molecule has 4 N–H and O–H groups in total. The Bertz CT molecular complexity index is 207. The summed E-state index contributed by atoms with van der Waals surface area (Å²) in [6, 6.07) is 5.58. The first kappa shape index (κ1) is 6.98. The van der Waals surface area contributed by atoms with Crippen molar-refractivity contribution in [3.05, 3.63) is 30.1 Å². The Labute approximate surface area is 58.0 Å². The highest BCUT2D eigenvalue weighted by Gasteiger charge is 1.93. The summed E-state index contributed by atoms with van der Waals surface area (Å²) in [6.45, 7) is 0. The molecule has 4 heteroatoms. The van der Waals surface area contributed by atoms with Crippen molar-refractivity contribution >= 4 is 5.69 Å². The second-order valence-corrected chi connectivity index (χ2v) is 1.88. The minimum atomic E-state index is -0.300. The van der Waals surface area contributed by atoms with Crippen molar-refractivity contribution in [2.45, 2.75) is 0 Å². The Balaban J connectivity index is 2.89. The van der Waals surface area contributed by atoms with Gasteiger partial charge >= 0.3 is 0 Å². The first-order valence-electron chi connectivity index (χ1n) is 2.75. The summed E-state index contributed by atoms with van der Waals surface area (Å²) in [4.78, 5) is 0. The van der Waals surface area contributed by atoms with Crippen molar-refractivity contribution in [2.75, 3.05) is 5.12 Å². The molecule has 0 aliphatic rings. The normalized spacial score (nSPS) is 9.50. The standard InChI is InChI=1S/C6H8FN3/c7-5-1-3-6(4-2-5)10(8)9/h1-4H,8-9H2. The van der Waals surface area contributed by atoms with Crippen LogP contribution in [0.2, 0.25) is 0 Å². The lowest BCUT2D eigenvalue weighted by atomic mass is 10.3. The van der Waals surface area contributed by atoms with E-state index in [-0.39, 0.29) is 5.82 Å². The van der Waals surface area contributed by atoms with E-state index in [4.69, 9.17) is 11.7 Å². The fraction of sp³-hybridized carbons (Fsp3) is 0. The summed E-state index contributed by atoms with van der Waals surface area (Å²) in [6.07, 6.45) is 0. The number of hydrazine groups is 2. The van der Waals surface area contributed by atoms with E-state index >= 15 is 0 Å². The van der Waals surface area contributed by atoms with Crippen LogP contribution in [-0.2, 0) is 0 Å². The van der Waals surface area contributed by atoms with Gasteiger partial charge in [0.25, 0.3) is 0 Å². The Morgan fingerprint density at radius 3 is 2.00 bits per heavy atom. The summed E-state index contributed by atoms with van der Waals surface area (Å²) in [5.41, 5.74) is 0.571. The second-order valence-electron chi connectivity index (χ2n) is 1.88. The largest absolute Gasteiger partial charge is 0.247 e. The molecule has 1 aromatic rings. The van der Waals surface area contributed by atoms with Crippen LogP contribution in [0, 0.1) is 5.82 Å². The highest BCUT2D eigenvalue weighted by Crippen LogP contribution is 2.07. The molecule has 1 rings (SSSR count). The van der Waals surface area contributed by atoms with Crippen molar-refractivity contribution < 1.29 is 4.39 Å². The maximum absolute atomic E-state index is 12.2. The van der Waals surface area contributed by atoms with Gasteiger partial charge in [0.1, 0.15) is 5.82 Å². The molecule has 0 aliphatic heterocycles. The molecular weight excluding hydrogens is 133 g/mol. The van der Waals surface area contributed by atoms with Gasteiger partial charge in [-0.05, 0) is 24.3 Å². The lowest BCUT2D eigenvalue weighted by Crippen LogP contribution is -2.37. The molecule has 0 spiro atoms. The number of benzene rings is 1. The third-order valence-corrected chi connectivity index (χ3v) is 1.12. The number of nitrogens with zero attached hydrogens (tertiary/aromatic N) is 1. The zero-order valence-electron chi connectivity index (χ0n) is 5.29. The maximum atomic E-state index is 12.2. The van der Waals surface area contributed by atoms with Gasteiger partial charge < -0.3 is 0 Å². The van der Waals surface area contributed by atoms with E-state index in [0.29, 0.717) is 5.69 Å². The van der Waals surface area contributed by atoms with Gasteiger partial charge in [0.05, 0.1) is 5.69 Å². The van der Waals surface area contributed by atoms with E-state index in [0.717, 1.165) is 5.12 Å². The third kappa shape index (κ3) is 1.43. The summed E-state index contributed by atoms with van der Waals surface area (Å²) < 4.78 is 12.2. The minimum absolute atomic E-state index is 0.300. The second kappa shape index (κ2) is 2.64. The zero-order valence-corrected chi connectivity index (χ0v) is 5.29. The van der Waals surface area contributed by atoms with Crippen LogP contribution in [0.4, 0.5) is 10.1 Å². The molecule has 0 fully saturated rings. The SMILES string of the molecule is NN(N)c1ccc(F)cc1. The Morgan fingerprint density at radius 2 is 1.60 bits per heavy atom. The molecule has 0 unspecified atom stereocenters. The number of rotatable bonds is 1. The topological polar surface area (TPSA) is 55.3 Å². The van der Waals surface area contributed by atoms with Gasteiger partial charge in [-0.3, -0.25) is 0 Å². The van der Waals surface area contributed by atoms with Crippen molar-refractivity contribution in [2.24, 2.45) is 11.7 Å². The molecular formula is C6H8FN3. The molecule has 0 heterocycles. The van der Waals surface area contributed by atoms with Gasteiger partial charge in [0.15, 0.2) is 0 Å². The van der Waals surface area contributed by atoms with E-state index in [1.165, 1.54) is 24.3 Å². The molecule has 0 saturated carbocycles. The smallest absolute Gasteiger partial charge is 0.123 e. The number of anilines is 1. The van der Waals surface area contributed by atoms with E-state index in [2.05, 4.69) is 0 Å². The summed E-state index contributed by atoms with van der Waals surface area (Å²) in [7, 11) is 0. The average Bonchev–Trinajstić information content (AvgIpc) is 1.88. The van der Waals surface area contributed by atoms with Crippen molar-refractivity contribution in [1.82, 2.24) is 0 Å². The Hall–Kier alpha value is -1.13. The van der Waals surface area contributed by atoms with E-state index in [9.17, 15) is 4.39 Å². The Kier molecular flexibility index (Phi) is 1.84. The van der Waals surface area contributed by atoms with Gasteiger partial charge in [-0.25, -0.2) is 21.2 Å². The maximum Gasteiger partial charge on any atom is 0.123 e. The van der Waals surface area contributed by atoms with Gasteiger partial charge in [-0.1, -0.05) is 0 Å². The van der Waals surface area contributed by atoms with E-state index in [1.54, 1.807) is 0 Å². The van der Waals surface area contributed by atoms with E-state index < -0.39 is 0 Å². The molecule has 0 radical (unpaired) electrons. The van der Waals surface area contributed by atoms with Crippen molar-refractivity contribution in [1.29, 1.82) is 0 Å². The summed E-state index contributed by atoms with van der Waals surface area (Å²) >= 11 is 0. The van der Waals surface area contributed by atoms with Gasteiger partial charge in [-0.15, -0.1) is 0 Å². The predicted molar refractivity (Wildman–Crippen MR) is 37.3 cm³/mol. The van der Waals surface area contributed by atoms with Gasteiger partial charge in [0, 0.05) is 0 Å². The highest BCUT2D eigenvalue weighted by atomic mass is 19.1. The fourth-order valence-electron chi connectivity index (χ4n) is 0.613. The minimum Gasteiger partial charge on any atom is -0.247 e. The molecule has 0 amide bonds. The van der Waals surface area contributed by atoms with Crippen LogP contribution in [0.3, 0.4) is 0 Å². The monoisotopic (exact) mass is 141 g/mol. The molecule has 10 heavy (non-hydrogen) atoms. The van der Waals surface area contributed by atoms with Crippen LogP contribution in [0.15, 0.2) is 24.3 Å². The van der Waals surface area contributed by atoms with Gasteiger partial charge in [0.2, 0.25) is 0 Å². The van der Waals surface area contributed by atoms with Crippen molar-refractivity contribution in [3.8, 4) is 0 Å². The van der Waals surface area contributed by atoms with Crippen LogP contribution < -0.4 is 16.8 Å². The lowest BCUT2D eigenvalue weighted by Gasteiger charge is -2.09. The average molecular weight is 141 g/mol. The zero-order chi connectivity index (χ0) is 7.56. The molecule has 3 nitrogen and oxygen atoms in total. The van der Waals surface area contributed by atoms with E-state index in [1.807, 2.05) is 0 Å². The first-order chi connectivity index (χ1) is 4.70. The van der Waals surface area contributed by atoms with Crippen LogP contribution >= 0.6 is 0 Å². The van der Waals surface area contributed by atoms with Crippen LogP contribution in [0.5, 0.6) is 0 Å². The Morgan fingerprint density at radius 1 is 1.10 bits per heavy atom. The molecule has 54 valence electrons. The third-order valence-electron chi connectivity index (χ3n) is 1.12. The molecule has 0 aliphatic carbocycles. The predicted octanol–water partition coefficient (Wildman–Crippen LogP) is 0.380. The summed E-state index contributed by atoms with van der Waals surface area (Å²) in [5.74, 6) is 10.0. The van der Waals surface area contributed by atoms with Crippen LogP contribution in [0.1, 0.15) is 0 Å². The number of nitrogens with two attached hydrogens (primary N) is 2. The quantitative estimate of drug-likeness (QED) is 0.439. The number of hydrogen-bond donors (Lipinski definition) is 2. The lowest BCUT2D eigenvalue weighted by molar-refractivity contribution is 0.627. The van der Waals surface area contributed by atoms with Crippen molar-refractivity contribution in [3.63, 3.8) is 0 Å². The van der Waals surface area contributed by atoms with Crippen LogP contribution in [0.25, 0.3) is 0 Å². The molecule has 1 aromatic carbocycles. The highest BCUT2D eigenvalue weighted by molar-refractivity contribution is 5.42. The molecule has 0 saturated heterocycles. The molecule has 0 atom stereocenters.